The molecule has 0 unspecified atom stereocenters. The van der Waals surface area contributed by atoms with Crippen LogP contribution in [0.5, 0.6) is 5.75 Å². The standard InChI is InChI=1S/C26H28N6O/c1-4-33-21-6-8-24-22(14-21)18(15-28-24)9-10-27-26-30-17(3)12-25(32-26)31-20-5-7-23-19(13-20)11-16(2)29-23/h5-8,11-15,28-29H,4,9-10H2,1-3H3,(H2,27,30,31,32). The van der Waals surface area contributed by atoms with Crippen molar-refractivity contribution in [1.82, 2.24) is 19.9 Å². The van der Waals surface area contributed by atoms with Gasteiger partial charge in [0.25, 0.3) is 0 Å². The lowest BCUT2D eigenvalue weighted by atomic mass is 10.1. The molecular formula is C26H28N6O. The van der Waals surface area contributed by atoms with Crippen molar-refractivity contribution in [2.75, 3.05) is 23.8 Å². The van der Waals surface area contributed by atoms with Gasteiger partial charge in [0.2, 0.25) is 5.95 Å². The average molecular weight is 441 g/mol. The lowest BCUT2D eigenvalue weighted by Gasteiger charge is -2.10. The van der Waals surface area contributed by atoms with Gasteiger partial charge in [0.15, 0.2) is 0 Å². The minimum Gasteiger partial charge on any atom is -0.494 e. The van der Waals surface area contributed by atoms with Gasteiger partial charge in [-0.25, -0.2) is 4.98 Å². The Morgan fingerprint density at radius 1 is 0.970 bits per heavy atom. The van der Waals surface area contributed by atoms with E-state index in [1.165, 1.54) is 16.3 Å². The fraction of sp³-hybridized carbons (Fsp3) is 0.231. The summed E-state index contributed by atoms with van der Waals surface area (Å²) in [7, 11) is 0. The van der Waals surface area contributed by atoms with E-state index in [0.717, 1.165) is 52.6 Å². The normalized spacial score (nSPS) is 11.2. The van der Waals surface area contributed by atoms with Crippen molar-refractivity contribution in [2.45, 2.75) is 27.2 Å². The van der Waals surface area contributed by atoms with Crippen molar-refractivity contribution in [3.63, 3.8) is 0 Å². The Bertz CT molecular complexity index is 1420. The van der Waals surface area contributed by atoms with E-state index in [4.69, 9.17) is 4.74 Å². The maximum absolute atomic E-state index is 5.65. The molecule has 3 aromatic heterocycles. The molecule has 0 radical (unpaired) electrons. The van der Waals surface area contributed by atoms with Crippen LogP contribution in [-0.4, -0.2) is 33.1 Å². The monoisotopic (exact) mass is 440 g/mol. The molecule has 5 aromatic rings. The molecule has 0 aliphatic carbocycles. The Labute approximate surface area is 192 Å². The van der Waals surface area contributed by atoms with Gasteiger partial charge in [-0.3, -0.25) is 0 Å². The highest BCUT2D eigenvalue weighted by Crippen LogP contribution is 2.25. The van der Waals surface area contributed by atoms with Gasteiger partial charge in [-0.1, -0.05) is 0 Å². The van der Waals surface area contributed by atoms with E-state index in [0.29, 0.717) is 12.6 Å². The maximum Gasteiger partial charge on any atom is 0.224 e. The largest absolute Gasteiger partial charge is 0.494 e. The number of aryl methyl sites for hydroxylation is 2. The van der Waals surface area contributed by atoms with Crippen molar-refractivity contribution in [3.05, 3.63) is 71.7 Å². The van der Waals surface area contributed by atoms with Crippen molar-refractivity contribution < 1.29 is 4.74 Å². The molecule has 3 heterocycles. The summed E-state index contributed by atoms with van der Waals surface area (Å²) in [5.74, 6) is 2.28. The minimum absolute atomic E-state index is 0.617. The third-order valence-corrected chi connectivity index (χ3v) is 5.61. The van der Waals surface area contributed by atoms with Crippen molar-refractivity contribution in [1.29, 1.82) is 0 Å². The van der Waals surface area contributed by atoms with Crippen LogP contribution in [0.2, 0.25) is 0 Å². The Hall–Kier alpha value is -4.00. The van der Waals surface area contributed by atoms with E-state index in [-0.39, 0.29) is 0 Å². The SMILES string of the molecule is CCOc1ccc2[nH]cc(CCNc3nc(C)cc(Nc4ccc5[nH]c(C)cc5c4)n3)c2c1. The number of hydrogen-bond acceptors (Lipinski definition) is 5. The summed E-state index contributed by atoms with van der Waals surface area (Å²) in [5.41, 5.74) is 6.53. The highest BCUT2D eigenvalue weighted by molar-refractivity contribution is 5.85. The van der Waals surface area contributed by atoms with Crippen LogP contribution in [0.4, 0.5) is 17.5 Å². The number of nitrogens with one attached hydrogen (secondary N) is 4. The lowest BCUT2D eigenvalue weighted by Crippen LogP contribution is -2.09. The van der Waals surface area contributed by atoms with Gasteiger partial charge in [-0.2, -0.15) is 4.98 Å². The van der Waals surface area contributed by atoms with E-state index >= 15 is 0 Å². The Kier molecular flexibility index (Phi) is 5.60. The van der Waals surface area contributed by atoms with Crippen LogP contribution in [0.15, 0.2) is 54.7 Å². The molecule has 0 saturated carbocycles. The number of ether oxygens (including phenoxy) is 1. The molecular weight excluding hydrogens is 412 g/mol. The highest BCUT2D eigenvalue weighted by Gasteiger charge is 2.08. The van der Waals surface area contributed by atoms with Crippen LogP contribution in [-0.2, 0) is 6.42 Å². The van der Waals surface area contributed by atoms with Crippen LogP contribution >= 0.6 is 0 Å². The molecule has 0 amide bonds. The summed E-state index contributed by atoms with van der Waals surface area (Å²) < 4.78 is 5.65. The highest BCUT2D eigenvalue weighted by atomic mass is 16.5. The molecule has 0 atom stereocenters. The lowest BCUT2D eigenvalue weighted by molar-refractivity contribution is 0.340. The molecule has 0 spiro atoms. The molecule has 0 bridgehead atoms. The molecule has 0 saturated heterocycles. The second-order valence-electron chi connectivity index (χ2n) is 8.23. The zero-order valence-electron chi connectivity index (χ0n) is 19.1. The van der Waals surface area contributed by atoms with Crippen LogP contribution in [0.25, 0.3) is 21.8 Å². The minimum atomic E-state index is 0.617. The predicted octanol–water partition coefficient (Wildman–Crippen LogP) is 5.85. The molecule has 4 N–H and O–H groups in total. The first-order valence-electron chi connectivity index (χ1n) is 11.3. The first kappa shape index (κ1) is 20.9. The van der Waals surface area contributed by atoms with Crippen LogP contribution < -0.4 is 15.4 Å². The first-order valence-corrected chi connectivity index (χ1v) is 11.3. The number of H-pyrrole nitrogens is 2. The number of hydrogen-bond donors (Lipinski definition) is 4. The van der Waals surface area contributed by atoms with E-state index in [1.807, 2.05) is 26.0 Å². The van der Waals surface area contributed by atoms with Crippen LogP contribution in [0.3, 0.4) is 0 Å². The third-order valence-electron chi connectivity index (χ3n) is 5.61. The quantitative estimate of drug-likeness (QED) is 0.243. The van der Waals surface area contributed by atoms with Crippen LogP contribution in [0.1, 0.15) is 23.9 Å². The fourth-order valence-electron chi connectivity index (χ4n) is 4.14. The molecule has 168 valence electrons. The van der Waals surface area contributed by atoms with Crippen molar-refractivity contribution in [2.24, 2.45) is 0 Å². The van der Waals surface area contributed by atoms with Gasteiger partial charge >= 0.3 is 0 Å². The zero-order valence-corrected chi connectivity index (χ0v) is 19.1. The Balaban J connectivity index is 1.27. The van der Waals surface area contributed by atoms with E-state index in [2.05, 4.69) is 80.1 Å². The summed E-state index contributed by atoms with van der Waals surface area (Å²) in [6.45, 7) is 7.42. The number of aromatic amines is 2. The Morgan fingerprint density at radius 3 is 2.73 bits per heavy atom. The summed E-state index contributed by atoms with van der Waals surface area (Å²) in [5, 5.41) is 9.14. The van der Waals surface area contributed by atoms with Gasteiger partial charge in [0.1, 0.15) is 11.6 Å². The zero-order chi connectivity index (χ0) is 22.8. The number of anilines is 3. The Morgan fingerprint density at radius 2 is 1.85 bits per heavy atom. The number of fused-ring (bicyclic) bond motifs is 2. The smallest absolute Gasteiger partial charge is 0.224 e. The number of benzene rings is 2. The molecule has 7 nitrogen and oxygen atoms in total. The molecule has 5 rings (SSSR count). The molecule has 0 fully saturated rings. The predicted molar refractivity (Wildman–Crippen MR) is 135 cm³/mol. The molecule has 33 heavy (non-hydrogen) atoms. The third kappa shape index (κ3) is 4.62. The first-order chi connectivity index (χ1) is 16.1. The number of aromatic nitrogens is 4. The van der Waals surface area contributed by atoms with Gasteiger partial charge in [0, 0.05) is 57.7 Å². The average Bonchev–Trinajstić information content (AvgIpc) is 3.35. The second kappa shape index (κ2) is 8.86. The number of nitrogens with zero attached hydrogens (tertiary/aromatic N) is 2. The fourth-order valence-corrected chi connectivity index (χ4v) is 4.14. The van der Waals surface area contributed by atoms with Gasteiger partial charge in [-0.05, 0) is 75.2 Å². The van der Waals surface area contributed by atoms with E-state index < -0.39 is 0 Å². The van der Waals surface area contributed by atoms with Crippen molar-refractivity contribution >= 4 is 39.3 Å². The summed E-state index contributed by atoms with van der Waals surface area (Å²) in [6.07, 6.45) is 2.91. The topological polar surface area (TPSA) is 90.6 Å². The van der Waals surface area contributed by atoms with Crippen LogP contribution in [0, 0.1) is 13.8 Å². The molecule has 7 heteroatoms. The molecule has 0 aliphatic rings. The summed E-state index contributed by atoms with van der Waals surface area (Å²) in [6, 6.07) is 16.5. The van der Waals surface area contributed by atoms with Gasteiger partial charge in [0.05, 0.1) is 6.61 Å². The maximum atomic E-state index is 5.65. The second-order valence-corrected chi connectivity index (χ2v) is 8.23. The van der Waals surface area contributed by atoms with Crippen molar-refractivity contribution in [3.8, 4) is 5.75 Å². The van der Waals surface area contributed by atoms with Gasteiger partial charge in [-0.15, -0.1) is 0 Å². The molecule has 2 aromatic carbocycles. The van der Waals surface area contributed by atoms with E-state index in [1.54, 1.807) is 0 Å². The summed E-state index contributed by atoms with van der Waals surface area (Å²) >= 11 is 0. The molecule has 0 aliphatic heterocycles. The summed E-state index contributed by atoms with van der Waals surface area (Å²) in [4.78, 5) is 15.9. The number of rotatable bonds is 8. The van der Waals surface area contributed by atoms with Gasteiger partial charge < -0.3 is 25.3 Å². The van der Waals surface area contributed by atoms with E-state index in [9.17, 15) is 0 Å².